The van der Waals surface area contributed by atoms with Crippen LogP contribution in [0.4, 0.5) is 22.0 Å². The summed E-state index contributed by atoms with van der Waals surface area (Å²) in [5, 5.41) is 14.1. The number of hydrogen-bond donors (Lipinski definition) is 3. The molecule has 0 aromatic heterocycles. The van der Waals surface area contributed by atoms with Crippen LogP contribution >= 0.6 is 12.2 Å². The molecule has 166 valence electrons. The molecule has 3 unspecified atom stereocenters. The third kappa shape index (κ3) is 4.53. The van der Waals surface area contributed by atoms with Gasteiger partial charge >= 0.3 is 6.18 Å². The van der Waals surface area contributed by atoms with Gasteiger partial charge in [-0.1, -0.05) is 30.3 Å². The summed E-state index contributed by atoms with van der Waals surface area (Å²) >= 11 is 5.07. The predicted octanol–water partition coefficient (Wildman–Crippen LogP) is 3.03. The molecule has 1 amide bonds. The van der Waals surface area contributed by atoms with Crippen LogP contribution in [-0.4, -0.2) is 41.6 Å². The average molecular weight is 460 g/mol. The van der Waals surface area contributed by atoms with E-state index in [2.05, 4.69) is 10.6 Å². The zero-order valence-electron chi connectivity index (χ0n) is 15.7. The highest BCUT2D eigenvalue weighted by Crippen LogP contribution is 2.46. The van der Waals surface area contributed by atoms with Gasteiger partial charge in [0.1, 0.15) is 0 Å². The summed E-state index contributed by atoms with van der Waals surface area (Å²) in [6, 6.07) is 10.8. The fourth-order valence-corrected chi connectivity index (χ4v) is 3.87. The molecule has 0 radical (unpaired) electrons. The Morgan fingerprint density at radius 3 is 2.45 bits per heavy atom. The van der Waals surface area contributed by atoms with Crippen molar-refractivity contribution in [3.8, 4) is 0 Å². The number of carbonyl (C=O) groups is 1. The summed E-state index contributed by atoms with van der Waals surface area (Å²) in [6.45, 7) is -1.87. The van der Waals surface area contributed by atoms with Crippen LogP contribution in [0.15, 0.2) is 48.5 Å². The number of nitrogens with one attached hydrogen (secondary N) is 2. The van der Waals surface area contributed by atoms with Gasteiger partial charge in [-0.2, -0.15) is 13.2 Å². The highest BCUT2D eigenvalue weighted by Gasteiger charge is 2.61. The van der Waals surface area contributed by atoms with Gasteiger partial charge in [0.05, 0.1) is 18.8 Å². The SMILES string of the molecule is O=C(NC(=S)NC1(c2cccc(F)c2F)COC(C(F)(F)F)C1CO)c1ccccc1. The lowest BCUT2D eigenvalue weighted by Gasteiger charge is -2.37. The molecular formula is C20H17F5N2O3S. The third-order valence-electron chi connectivity index (χ3n) is 5.04. The minimum Gasteiger partial charge on any atom is -0.396 e. The molecule has 1 aliphatic heterocycles. The highest BCUT2D eigenvalue weighted by molar-refractivity contribution is 7.80. The molecule has 0 bridgehead atoms. The van der Waals surface area contributed by atoms with Crippen molar-refractivity contribution in [1.29, 1.82) is 0 Å². The van der Waals surface area contributed by atoms with E-state index in [-0.39, 0.29) is 5.56 Å². The maximum atomic E-state index is 14.6. The van der Waals surface area contributed by atoms with Crippen LogP contribution in [0.5, 0.6) is 0 Å². The quantitative estimate of drug-likeness (QED) is 0.484. The first-order valence-corrected chi connectivity index (χ1v) is 9.43. The normalized spacial score (nSPS) is 23.4. The molecule has 0 aliphatic carbocycles. The van der Waals surface area contributed by atoms with E-state index in [0.717, 1.165) is 18.2 Å². The molecule has 3 atom stereocenters. The molecule has 1 aliphatic rings. The number of rotatable bonds is 4. The van der Waals surface area contributed by atoms with E-state index in [0.29, 0.717) is 0 Å². The molecule has 11 heteroatoms. The van der Waals surface area contributed by atoms with Crippen molar-refractivity contribution >= 4 is 23.2 Å². The lowest BCUT2D eigenvalue weighted by Crippen LogP contribution is -2.57. The molecule has 3 N–H and O–H groups in total. The fraction of sp³-hybridized carbons (Fsp3) is 0.300. The molecule has 1 fully saturated rings. The number of halogens is 5. The molecule has 3 rings (SSSR count). The maximum Gasteiger partial charge on any atom is 0.415 e. The number of hydrogen-bond acceptors (Lipinski definition) is 4. The van der Waals surface area contributed by atoms with Crippen molar-refractivity contribution in [3.63, 3.8) is 0 Å². The molecule has 31 heavy (non-hydrogen) atoms. The number of amides is 1. The molecule has 1 saturated heterocycles. The van der Waals surface area contributed by atoms with Gasteiger partial charge < -0.3 is 15.2 Å². The van der Waals surface area contributed by atoms with Gasteiger partial charge in [-0.25, -0.2) is 8.78 Å². The molecule has 0 saturated carbocycles. The van der Waals surface area contributed by atoms with E-state index in [1.807, 2.05) is 0 Å². The van der Waals surface area contributed by atoms with E-state index in [1.54, 1.807) is 18.2 Å². The Morgan fingerprint density at radius 2 is 1.84 bits per heavy atom. The van der Waals surface area contributed by atoms with E-state index >= 15 is 0 Å². The van der Waals surface area contributed by atoms with Crippen molar-refractivity contribution in [3.05, 3.63) is 71.3 Å². The van der Waals surface area contributed by atoms with Gasteiger partial charge in [0.2, 0.25) is 0 Å². The van der Waals surface area contributed by atoms with Crippen LogP contribution < -0.4 is 10.6 Å². The van der Waals surface area contributed by atoms with Gasteiger partial charge in [0.15, 0.2) is 22.9 Å². The first kappa shape index (κ1) is 23.0. The number of thiocarbonyl (C=S) groups is 1. The van der Waals surface area contributed by atoms with Crippen molar-refractivity contribution < 1.29 is 36.6 Å². The van der Waals surface area contributed by atoms with Crippen molar-refractivity contribution in [1.82, 2.24) is 10.6 Å². The average Bonchev–Trinajstić information content (AvgIpc) is 3.09. The Balaban J connectivity index is 1.98. The largest absolute Gasteiger partial charge is 0.415 e. The first-order chi connectivity index (χ1) is 14.6. The lowest BCUT2D eigenvalue weighted by atomic mass is 9.77. The summed E-state index contributed by atoms with van der Waals surface area (Å²) in [7, 11) is 0. The number of benzene rings is 2. The van der Waals surface area contributed by atoms with Crippen LogP contribution in [-0.2, 0) is 10.3 Å². The monoisotopic (exact) mass is 460 g/mol. The summed E-state index contributed by atoms with van der Waals surface area (Å²) in [4.78, 5) is 12.3. The summed E-state index contributed by atoms with van der Waals surface area (Å²) in [5.41, 5.74) is -2.40. The standard InChI is InChI=1S/C20H17F5N2O3S/c21-14-8-4-7-12(15(14)22)19(10-30-16(13(19)9-28)20(23,24)25)27-18(31)26-17(29)11-5-2-1-3-6-11/h1-8,13,16,28H,9-10H2,(H2,26,27,29,31). The Morgan fingerprint density at radius 1 is 1.16 bits per heavy atom. The van der Waals surface area contributed by atoms with E-state index in [4.69, 9.17) is 17.0 Å². The third-order valence-corrected chi connectivity index (χ3v) is 5.24. The van der Waals surface area contributed by atoms with Gasteiger partial charge in [0, 0.05) is 17.0 Å². The second-order valence-electron chi connectivity index (χ2n) is 6.91. The minimum atomic E-state index is -4.89. The molecular weight excluding hydrogens is 443 g/mol. The van der Waals surface area contributed by atoms with E-state index in [1.165, 1.54) is 12.1 Å². The van der Waals surface area contributed by atoms with Crippen LogP contribution in [0.25, 0.3) is 0 Å². The summed E-state index contributed by atoms with van der Waals surface area (Å²) < 4.78 is 73.8. The highest BCUT2D eigenvalue weighted by atomic mass is 32.1. The molecule has 1 heterocycles. The number of ether oxygens (including phenoxy) is 1. The predicted molar refractivity (Wildman–Crippen MR) is 104 cm³/mol. The summed E-state index contributed by atoms with van der Waals surface area (Å²) in [6.07, 6.45) is -7.37. The topological polar surface area (TPSA) is 70.6 Å². The second kappa shape index (κ2) is 8.85. The Labute approximate surface area is 179 Å². The fourth-order valence-electron chi connectivity index (χ4n) is 3.60. The smallest absolute Gasteiger partial charge is 0.396 e. The van der Waals surface area contributed by atoms with Gasteiger partial charge in [0.25, 0.3) is 5.91 Å². The number of aliphatic hydroxyl groups excluding tert-OH is 1. The maximum absolute atomic E-state index is 14.6. The Hall–Kier alpha value is -2.63. The van der Waals surface area contributed by atoms with Crippen molar-refractivity contribution in [2.24, 2.45) is 5.92 Å². The molecule has 0 spiro atoms. The van der Waals surface area contributed by atoms with Gasteiger partial charge in [-0.15, -0.1) is 0 Å². The van der Waals surface area contributed by atoms with Crippen LogP contribution in [0, 0.1) is 17.6 Å². The molecule has 2 aromatic carbocycles. The van der Waals surface area contributed by atoms with E-state index in [9.17, 15) is 31.9 Å². The Kier molecular flexibility index (Phi) is 6.58. The molecule has 5 nitrogen and oxygen atoms in total. The van der Waals surface area contributed by atoms with Gasteiger partial charge in [-0.3, -0.25) is 10.1 Å². The number of aliphatic hydroxyl groups is 1. The minimum absolute atomic E-state index is 0.215. The van der Waals surface area contributed by atoms with Gasteiger partial charge in [-0.05, 0) is 30.4 Å². The summed E-state index contributed by atoms with van der Waals surface area (Å²) in [5.74, 6) is -5.17. The zero-order valence-corrected chi connectivity index (χ0v) is 16.6. The second-order valence-corrected chi connectivity index (χ2v) is 7.32. The first-order valence-electron chi connectivity index (χ1n) is 9.02. The van der Waals surface area contributed by atoms with E-state index < -0.39 is 65.2 Å². The number of alkyl halides is 3. The van der Waals surface area contributed by atoms with Crippen molar-refractivity contribution in [2.45, 2.75) is 17.8 Å². The zero-order chi connectivity index (χ0) is 22.8. The van der Waals surface area contributed by atoms with Crippen molar-refractivity contribution in [2.75, 3.05) is 13.2 Å². The van der Waals surface area contributed by atoms with Crippen LogP contribution in [0.1, 0.15) is 15.9 Å². The molecule has 2 aromatic rings. The van der Waals surface area contributed by atoms with Crippen LogP contribution in [0.2, 0.25) is 0 Å². The number of carbonyl (C=O) groups excluding carboxylic acids is 1. The Bertz CT molecular complexity index is 973. The lowest BCUT2D eigenvalue weighted by molar-refractivity contribution is -0.219. The van der Waals surface area contributed by atoms with Crippen LogP contribution in [0.3, 0.4) is 0 Å².